The van der Waals surface area contributed by atoms with Gasteiger partial charge in [-0.2, -0.15) is 4.31 Å². The van der Waals surface area contributed by atoms with Gasteiger partial charge >= 0.3 is 0 Å². The molecule has 0 spiro atoms. The molecule has 0 radical (unpaired) electrons. The second-order valence-electron chi connectivity index (χ2n) is 10.3. The summed E-state index contributed by atoms with van der Waals surface area (Å²) in [6.45, 7) is 10.2. The lowest BCUT2D eigenvalue weighted by Crippen LogP contribution is -2.37. The van der Waals surface area contributed by atoms with Crippen LogP contribution in [0.15, 0.2) is 47.4 Å². The molecule has 1 amide bonds. The van der Waals surface area contributed by atoms with E-state index in [9.17, 15) is 13.2 Å². The summed E-state index contributed by atoms with van der Waals surface area (Å²) in [7, 11) is 0.308. The van der Waals surface area contributed by atoms with Gasteiger partial charge in [0, 0.05) is 25.2 Å². The average molecular weight is 565 g/mol. The molecule has 1 aromatic heterocycles. The maximum absolute atomic E-state index is 13.7. The third-order valence-electron chi connectivity index (χ3n) is 5.70. The number of nitrogens with zero attached hydrogens (tertiary/aromatic N) is 4. The normalized spacial score (nSPS) is 12.4. The SMILES string of the molecule is CC(C)CN(CC(C)C)S(=O)(=O)c1ccc(C(=O)N(CCCN(C)C)c2nc3c(Cl)cccc3s2)cc1. The summed E-state index contributed by atoms with van der Waals surface area (Å²) < 4.78 is 29.2. The van der Waals surface area contributed by atoms with Gasteiger partial charge < -0.3 is 4.90 Å². The predicted molar refractivity (Wildman–Crippen MR) is 154 cm³/mol. The summed E-state index contributed by atoms with van der Waals surface area (Å²) in [5.74, 6) is 0.180. The molecule has 0 saturated heterocycles. The molecule has 0 aliphatic rings. The highest BCUT2D eigenvalue weighted by molar-refractivity contribution is 7.89. The van der Waals surface area contributed by atoms with Crippen LogP contribution in [0.25, 0.3) is 10.2 Å². The number of hydrogen-bond donors (Lipinski definition) is 0. The highest BCUT2D eigenvalue weighted by Crippen LogP contribution is 2.33. The van der Waals surface area contributed by atoms with Gasteiger partial charge in [0.1, 0.15) is 5.52 Å². The minimum atomic E-state index is -3.67. The lowest BCUT2D eigenvalue weighted by Gasteiger charge is -2.26. The lowest BCUT2D eigenvalue weighted by atomic mass is 10.2. The van der Waals surface area contributed by atoms with Crippen LogP contribution < -0.4 is 4.90 Å². The van der Waals surface area contributed by atoms with Crippen molar-refractivity contribution >= 4 is 54.2 Å². The van der Waals surface area contributed by atoms with Gasteiger partial charge in [0.2, 0.25) is 10.0 Å². The van der Waals surface area contributed by atoms with Gasteiger partial charge in [-0.1, -0.05) is 56.7 Å². The number of fused-ring (bicyclic) bond motifs is 1. The Bertz CT molecular complexity index is 1290. The number of carbonyl (C=O) groups excluding carboxylic acids is 1. The minimum absolute atomic E-state index is 0.191. The Morgan fingerprint density at radius 2 is 1.59 bits per heavy atom. The van der Waals surface area contributed by atoms with Crippen molar-refractivity contribution in [2.75, 3.05) is 45.2 Å². The molecule has 2 aromatic carbocycles. The van der Waals surface area contributed by atoms with E-state index in [2.05, 4.69) is 9.88 Å². The van der Waals surface area contributed by atoms with Crippen molar-refractivity contribution in [2.24, 2.45) is 11.8 Å². The summed E-state index contributed by atoms with van der Waals surface area (Å²) >= 11 is 7.76. The molecule has 0 aliphatic carbocycles. The third-order valence-corrected chi connectivity index (χ3v) is 8.89. The second-order valence-corrected chi connectivity index (χ2v) is 13.7. The Hall–Kier alpha value is -2.04. The van der Waals surface area contributed by atoms with Crippen molar-refractivity contribution < 1.29 is 13.2 Å². The Morgan fingerprint density at radius 3 is 2.14 bits per heavy atom. The van der Waals surface area contributed by atoms with E-state index in [0.717, 1.165) is 17.7 Å². The van der Waals surface area contributed by atoms with E-state index in [1.807, 2.05) is 53.9 Å². The number of thiazole rings is 1. The fourth-order valence-corrected chi connectivity index (χ4v) is 7.06. The Morgan fingerprint density at radius 1 is 0.973 bits per heavy atom. The number of hydrogen-bond acceptors (Lipinski definition) is 6. The van der Waals surface area contributed by atoms with Gasteiger partial charge in [-0.05, 0) is 75.3 Å². The van der Waals surface area contributed by atoms with Crippen LogP contribution >= 0.6 is 22.9 Å². The first kappa shape index (κ1) is 29.5. The molecule has 0 fully saturated rings. The number of halogens is 1. The highest BCUT2D eigenvalue weighted by Gasteiger charge is 2.27. The number of aromatic nitrogens is 1. The summed E-state index contributed by atoms with van der Waals surface area (Å²) in [6.07, 6.45) is 0.758. The number of amides is 1. The van der Waals surface area contributed by atoms with Crippen LogP contribution in [0.1, 0.15) is 44.5 Å². The van der Waals surface area contributed by atoms with Crippen molar-refractivity contribution in [1.29, 1.82) is 0 Å². The maximum atomic E-state index is 13.7. The minimum Gasteiger partial charge on any atom is -0.309 e. The monoisotopic (exact) mass is 564 g/mol. The molecule has 0 unspecified atom stereocenters. The highest BCUT2D eigenvalue weighted by atomic mass is 35.5. The molecular weight excluding hydrogens is 528 g/mol. The quantitative estimate of drug-likeness (QED) is 0.276. The predicted octanol–water partition coefficient (Wildman–Crippen LogP) is 5.85. The zero-order chi connectivity index (χ0) is 27.3. The molecule has 7 nitrogen and oxygen atoms in total. The zero-order valence-electron chi connectivity index (χ0n) is 22.4. The summed E-state index contributed by atoms with van der Waals surface area (Å²) in [6, 6.07) is 11.8. The molecule has 1 heterocycles. The average Bonchev–Trinajstić information content (AvgIpc) is 3.26. The fraction of sp³-hybridized carbons (Fsp3) is 0.481. The van der Waals surface area contributed by atoms with Gasteiger partial charge in [-0.3, -0.25) is 9.69 Å². The standard InChI is InChI=1S/C27H37ClN4O3S2/c1-19(2)17-31(18-20(3)4)37(34,35)22-13-11-21(12-14-22)26(33)32(16-8-15-30(5)6)27-29-25-23(28)9-7-10-24(25)36-27/h7,9-14,19-20H,8,15-18H2,1-6H3. The van der Waals surface area contributed by atoms with Gasteiger partial charge in [0.25, 0.3) is 5.91 Å². The molecule has 3 aromatic rings. The molecule has 0 saturated carbocycles. The number of anilines is 1. The van der Waals surface area contributed by atoms with Crippen LogP contribution in [-0.2, 0) is 10.0 Å². The third kappa shape index (κ3) is 7.51. The molecule has 0 aliphatic heterocycles. The molecule has 0 atom stereocenters. The number of benzene rings is 2. The molecule has 10 heteroatoms. The topological polar surface area (TPSA) is 73.8 Å². The zero-order valence-corrected chi connectivity index (χ0v) is 24.8. The molecular formula is C27H37ClN4O3S2. The Kier molecular flexibility index (Phi) is 10.1. The van der Waals surface area contributed by atoms with Crippen LogP contribution in [0.2, 0.25) is 5.02 Å². The number of carbonyl (C=O) groups is 1. The fourth-order valence-electron chi connectivity index (χ4n) is 4.01. The molecule has 3 rings (SSSR count). The first-order valence-electron chi connectivity index (χ1n) is 12.5. The van der Waals surface area contributed by atoms with Crippen molar-refractivity contribution in [3.05, 3.63) is 53.1 Å². The summed E-state index contributed by atoms with van der Waals surface area (Å²) in [4.78, 5) is 22.2. The Labute approximate surface area is 230 Å². The van der Waals surface area contributed by atoms with E-state index < -0.39 is 10.0 Å². The van der Waals surface area contributed by atoms with E-state index in [-0.39, 0.29) is 22.6 Å². The molecule has 202 valence electrons. The smallest absolute Gasteiger partial charge is 0.260 e. The van der Waals surface area contributed by atoms with Gasteiger partial charge in [0.15, 0.2) is 5.13 Å². The van der Waals surface area contributed by atoms with E-state index in [1.54, 1.807) is 23.1 Å². The lowest BCUT2D eigenvalue weighted by molar-refractivity contribution is 0.0986. The first-order valence-corrected chi connectivity index (χ1v) is 15.2. The molecule has 0 N–H and O–H groups in total. The van der Waals surface area contributed by atoms with Crippen LogP contribution in [0.4, 0.5) is 5.13 Å². The van der Waals surface area contributed by atoms with Crippen molar-refractivity contribution in [2.45, 2.75) is 39.0 Å². The van der Waals surface area contributed by atoms with Crippen LogP contribution in [0.5, 0.6) is 0 Å². The number of rotatable bonds is 12. The van der Waals surface area contributed by atoms with E-state index in [4.69, 9.17) is 11.6 Å². The van der Waals surface area contributed by atoms with Crippen molar-refractivity contribution in [1.82, 2.24) is 14.2 Å². The van der Waals surface area contributed by atoms with E-state index in [0.29, 0.717) is 40.9 Å². The second kappa shape index (κ2) is 12.7. The summed E-state index contributed by atoms with van der Waals surface area (Å²) in [5, 5.41) is 1.12. The van der Waals surface area contributed by atoms with E-state index >= 15 is 0 Å². The Balaban J connectivity index is 1.91. The van der Waals surface area contributed by atoms with Crippen LogP contribution in [0.3, 0.4) is 0 Å². The van der Waals surface area contributed by atoms with Gasteiger partial charge in [0.05, 0.1) is 14.6 Å². The maximum Gasteiger partial charge on any atom is 0.260 e. The van der Waals surface area contributed by atoms with Crippen molar-refractivity contribution in [3.63, 3.8) is 0 Å². The molecule has 0 bridgehead atoms. The van der Waals surface area contributed by atoms with Crippen molar-refractivity contribution in [3.8, 4) is 0 Å². The van der Waals surface area contributed by atoms with Gasteiger partial charge in [-0.15, -0.1) is 0 Å². The largest absolute Gasteiger partial charge is 0.309 e. The van der Waals surface area contributed by atoms with Crippen LogP contribution in [0, 0.1) is 11.8 Å². The first-order chi connectivity index (χ1) is 17.4. The number of sulfonamides is 1. The van der Waals surface area contributed by atoms with Gasteiger partial charge in [-0.25, -0.2) is 13.4 Å². The summed E-state index contributed by atoms with van der Waals surface area (Å²) in [5.41, 5.74) is 1.08. The number of para-hydroxylation sites is 1. The molecule has 37 heavy (non-hydrogen) atoms. The van der Waals surface area contributed by atoms with E-state index in [1.165, 1.54) is 27.8 Å². The van der Waals surface area contributed by atoms with Crippen LogP contribution in [-0.4, -0.2) is 68.8 Å².